The summed E-state index contributed by atoms with van der Waals surface area (Å²) in [6.07, 6.45) is 3.29. The largest absolute Gasteiger partial charge is 0.472 e. The summed E-state index contributed by atoms with van der Waals surface area (Å²) in [6, 6.07) is 18.0. The molecule has 3 nitrogen and oxygen atoms in total. The van der Waals surface area contributed by atoms with E-state index in [2.05, 4.69) is 12.1 Å². The maximum absolute atomic E-state index is 13.0. The molecule has 0 N–H and O–H groups in total. The predicted molar refractivity (Wildman–Crippen MR) is 101 cm³/mol. The summed E-state index contributed by atoms with van der Waals surface area (Å²) in [5.74, 6) is -0.254. The molecule has 0 atom stereocenters. The molecule has 1 aliphatic rings. The van der Waals surface area contributed by atoms with Crippen molar-refractivity contribution in [1.29, 1.82) is 0 Å². The fourth-order valence-electron chi connectivity index (χ4n) is 3.19. The van der Waals surface area contributed by atoms with Crippen molar-refractivity contribution >= 4 is 17.7 Å². The molecule has 0 saturated carbocycles. The lowest BCUT2D eigenvalue weighted by molar-refractivity contribution is -0.163. The summed E-state index contributed by atoms with van der Waals surface area (Å²) in [5.41, 5.74) is 1.10. The molecule has 0 bridgehead atoms. The second kappa shape index (κ2) is 6.06. The number of hydrogen-bond donors (Lipinski definition) is 0. The molecular weight excluding hydrogens is 344 g/mol. The van der Waals surface area contributed by atoms with E-state index in [9.17, 15) is 4.79 Å². The van der Waals surface area contributed by atoms with Gasteiger partial charge in [0.25, 0.3) is 0 Å². The molecular formula is C22H20O3S. The van der Waals surface area contributed by atoms with E-state index in [-0.39, 0.29) is 5.97 Å². The van der Waals surface area contributed by atoms with E-state index in [1.807, 2.05) is 63.2 Å². The normalized spacial score (nSPS) is 15.0. The number of carbonyl (C=O) groups excluding carboxylic acids is 1. The molecule has 4 rings (SSSR count). The smallest absolute Gasteiger partial charge is 0.312 e. The van der Waals surface area contributed by atoms with E-state index >= 15 is 0 Å². The molecule has 132 valence electrons. The maximum atomic E-state index is 13.0. The molecule has 26 heavy (non-hydrogen) atoms. The summed E-state index contributed by atoms with van der Waals surface area (Å²) in [5, 5.41) is 0. The van der Waals surface area contributed by atoms with Gasteiger partial charge in [0.05, 0.1) is 17.9 Å². The predicted octanol–water partition coefficient (Wildman–Crippen LogP) is 5.63. The van der Waals surface area contributed by atoms with Crippen LogP contribution in [0.25, 0.3) is 0 Å². The Balaban J connectivity index is 2.03. The summed E-state index contributed by atoms with van der Waals surface area (Å²) < 4.78 is 11.7. The molecule has 1 aliphatic heterocycles. The van der Waals surface area contributed by atoms with Crippen LogP contribution in [0.15, 0.2) is 81.3 Å². The molecule has 0 unspecified atom stereocenters. The Morgan fingerprint density at radius 1 is 0.962 bits per heavy atom. The van der Waals surface area contributed by atoms with Crippen molar-refractivity contribution in [3.8, 4) is 0 Å². The molecule has 0 amide bonds. The molecule has 0 saturated heterocycles. The average molecular weight is 364 g/mol. The monoisotopic (exact) mass is 364 g/mol. The van der Waals surface area contributed by atoms with Crippen molar-refractivity contribution in [2.24, 2.45) is 5.41 Å². The average Bonchev–Trinajstić information content (AvgIpc) is 3.15. The SMILES string of the molecule is CC(C)(C)C(=O)OC1(c2ccoc2)c2ccccc2Sc2ccccc21. The standard InChI is InChI=1S/C22H20O3S/c1-21(2,3)20(23)25-22(15-12-13-24-14-15)16-8-4-6-10-18(16)26-19-11-7-5-9-17(19)22/h4-14H,1-3H3. The summed E-state index contributed by atoms with van der Waals surface area (Å²) in [6.45, 7) is 5.61. The Labute approximate surface area is 157 Å². The second-order valence-corrected chi connectivity index (χ2v) is 8.51. The molecule has 2 heterocycles. The van der Waals surface area contributed by atoms with Crippen LogP contribution in [0, 0.1) is 5.41 Å². The Morgan fingerprint density at radius 2 is 1.54 bits per heavy atom. The summed E-state index contributed by atoms with van der Waals surface area (Å²) >= 11 is 1.69. The lowest BCUT2D eigenvalue weighted by Crippen LogP contribution is -2.40. The highest BCUT2D eigenvalue weighted by Gasteiger charge is 2.48. The Hall–Kier alpha value is -2.46. The van der Waals surface area contributed by atoms with Gasteiger partial charge >= 0.3 is 5.97 Å². The molecule has 0 aliphatic carbocycles. The van der Waals surface area contributed by atoms with Gasteiger partial charge in [0, 0.05) is 26.5 Å². The third-order valence-electron chi connectivity index (χ3n) is 4.54. The number of rotatable bonds is 2. The zero-order valence-electron chi connectivity index (χ0n) is 15.0. The number of hydrogen-bond acceptors (Lipinski definition) is 4. The van der Waals surface area contributed by atoms with Gasteiger partial charge in [0.1, 0.15) is 0 Å². The van der Waals surface area contributed by atoms with E-state index in [1.165, 1.54) is 0 Å². The highest BCUT2D eigenvalue weighted by Crippen LogP contribution is 2.53. The van der Waals surface area contributed by atoms with Gasteiger partial charge in [0.2, 0.25) is 0 Å². The van der Waals surface area contributed by atoms with Crippen molar-refractivity contribution < 1.29 is 13.9 Å². The van der Waals surface area contributed by atoms with Crippen molar-refractivity contribution in [1.82, 2.24) is 0 Å². The third kappa shape index (κ3) is 2.56. The van der Waals surface area contributed by atoms with Crippen LogP contribution in [0.5, 0.6) is 0 Å². The molecule has 1 aromatic heterocycles. The van der Waals surface area contributed by atoms with Crippen LogP contribution in [-0.4, -0.2) is 5.97 Å². The number of fused-ring (bicyclic) bond motifs is 2. The summed E-state index contributed by atoms with van der Waals surface area (Å²) in [4.78, 5) is 15.1. The Bertz CT molecular complexity index is 906. The van der Waals surface area contributed by atoms with Crippen molar-refractivity contribution in [2.75, 3.05) is 0 Å². The third-order valence-corrected chi connectivity index (χ3v) is 5.69. The molecule has 3 aromatic rings. The topological polar surface area (TPSA) is 39.4 Å². The van der Waals surface area contributed by atoms with E-state index in [0.717, 1.165) is 26.5 Å². The van der Waals surface area contributed by atoms with E-state index in [4.69, 9.17) is 9.15 Å². The van der Waals surface area contributed by atoms with E-state index in [0.29, 0.717) is 0 Å². The van der Waals surface area contributed by atoms with Crippen LogP contribution in [0.3, 0.4) is 0 Å². The minimum absolute atomic E-state index is 0.254. The number of esters is 1. The second-order valence-electron chi connectivity index (χ2n) is 7.43. The van der Waals surface area contributed by atoms with Gasteiger partial charge in [0.15, 0.2) is 5.60 Å². The Morgan fingerprint density at radius 3 is 2.04 bits per heavy atom. The molecule has 4 heteroatoms. The van der Waals surface area contributed by atoms with Crippen LogP contribution >= 0.6 is 11.8 Å². The van der Waals surface area contributed by atoms with Gasteiger partial charge in [-0.3, -0.25) is 4.79 Å². The first kappa shape index (κ1) is 17.0. The molecule has 0 fully saturated rings. The number of benzene rings is 2. The van der Waals surface area contributed by atoms with Crippen molar-refractivity contribution in [3.05, 3.63) is 83.8 Å². The van der Waals surface area contributed by atoms with E-state index in [1.54, 1.807) is 24.3 Å². The molecule has 0 radical (unpaired) electrons. The number of ether oxygens (including phenoxy) is 1. The van der Waals surface area contributed by atoms with Crippen LogP contribution in [0.2, 0.25) is 0 Å². The van der Waals surface area contributed by atoms with Gasteiger partial charge in [-0.1, -0.05) is 48.2 Å². The van der Waals surface area contributed by atoms with Crippen LogP contribution < -0.4 is 0 Å². The number of furan rings is 1. The van der Waals surface area contributed by atoms with Crippen molar-refractivity contribution in [2.45, 2.75) is 36.2 Å². The van der Waals surface area contributed by atoms with Gasteiger partial charge in [-0.15, -0.1) is 0 Å². The summed E-state index contributed by atoms with van der Waals surface area (Å²) in [7, 11) is 0. The van der Waals surface area contributed by atoms with Crippen molar-refractivity contribution in [3.63, 3.8) is 0 Å². The maximum Gasteiger partial charge on any atom is 0.312 e. The van der Waals surface area contributed by atoms with Gasteiger partial charge < -0.3 is 9.15 Å². The highest BCUT2D eigenvalue weighted by molar-refractivity contribution is 7.99. The highest BCUT2D eigenvalue weighted by atomic mass is 32.2. The Kier molecular flexibility index (Phi) is 3.96. The first-order valence-corrected chi connectivity index (χ1v) is 9.37. The lowest BCUT2D eigenvalue weighted by atomic mass is 9.80. The van der Waals surface area contributed by atoms with Crippen LogP contribution in [-0.2, 0) is 15.1 Å². The van der Waals surface area contributed by atoms with Gasteiger partial charge in [-0.05, 0) is 39.0 Å². The first-order valence-electron chi connectivity index (χ1n) is 8.56. The van der Waals surface area contributed by atoms with Crippen LogP contribution in [0.4, 0.5) is 0 Å². The zero-order chi connectivity index (χ0) is 18.4. The minimum Gasteiger partial charge on any atom is -0.472 e. The minimum atomic E-state index is -1.02. The van der Waals surface area contributed by atoms with Gasteiger partial charge in [-0.2, -0.15) is 0 Å². The van der Waals surface area contributed by atoms with Gasteiger partial charge in [-0.25, -0.2) is 0 Å². The lowest BCUT2D eigenvalue weighted by Gasteiger charge is -2.40. The van der Waals surface area contributed by atoms with E-state index < -0.39 is 11.0 Å². The molecule has 2 aromatic carbocycles. The fraction of sp³-hybridized carbons (Fsp3) is 0.227. The number of carbonyl (C=O) groups is 1. The quantitative estimate of drug-likeness (QED) is 0.553. The zero-order valence-corrected chi connectivity index (χ0v) is 15.8. The molecule has 0 spiro atoms. The fourth-order valence-corrected chi connectivity index (χ4v) is 4.37. The van der Waals surface area contributed by atoms with Crippen LogP contribution in [0.1, 0.15) is 37.5 Å². The first-order chi connectivity index (χ1) is 12.4.